The number of thioether (sulfide) groups is 1. The summed E-state index contributed by atoms with van der Waals surface area (Å²) in [4.78, 5) is 27.8. The summed E-state index contributed by atoms with van der Waals surface area (Å²) >= 11 is 1.26. The number of hydrogen-bond donors (Lipinski definition) is 2. The molecule has 0 saturated heterocycles. The van der Waals surface area contributed by atoms with Crippen LogP contribution in [0.5, 0.6) is 0 Å². The molecule has 3 N–H and O–H groups in total. The normalized spacial score (nSPS) is 17.9. The molecule has 1 aliphatic heterocycles. The molecule has 3 aromatic rings. The molecule has 35 heavy (non-hydrogen) atoms. The zero-order chi connectivity index (χ0) is 24.5. The number of nitrogens with one attached hydrogen (secondary N) is 1. The lowest BCUT2D eigenvalue weighted by atomic mass is 9.95. The van der Waals surface area contributed by atoms with Crippen molar-refractivity contribution in [3.63, 3.8) is 0 Å². The van der Waals surface area contributed by atoms with Gasteiger partial charge in [0.25, 0.3) is 0 Å². The van der Waals surface area contributed by atoms with Gasteiger partial charge in [-0.1, -0.05) is 42.1 Å². The average Bonchev–Trinajstić information content (AvgIpc) is 3.65. The van der Waals surface area contributed by atoms with Gasteiger partial charge in [-0.15, -0.1) is 10.2 Å². The molecule has 0 spiro atoms. The van der Waals surface area contributed by atoms with Gasteiger partial charge >= 0.3 is 12.0 Å². The first kappa shape index (κ1) is 22.9. The summed E-state index contributed by atoms with van der Waals surface area (Å²) in [5, 5.41) is 11.7. The number of benzene rings is 2. The molecule has 2 heterocycles. The van der Waals surface area contributed by atoms with Gasteiger partial charge in [0.15, 0.2) is 5.82 Å². The van der Waals surface area contributed by atoms with E-state index in [0.717, 1.165) is 18.4 Å². The number of carbonyl (C=O) groups is 2. The summed E-state index contributed by atoms with van der Waals surface area (Å²) in [6.07, 6.45) is 1.71. The van der Waals surface area contributed by atoms with E-state index in [1.807, 2.05) is 30.3 Å². The molecule has 11 heteroatoms. The molecule has 9 nitrogen and oxygen atoms in total. The maximum absolute atomic E-state index is 13.3. The molecular weight excluding hydrogens is 471 g/mol. The zero-order valence-corrected chi connectivity index (χ0v) is 19.7. The number of aromatic nitrogens is 3. The van der Waals surface area contributed by atoms with Gasteiger partial charge in [-0.3, -0.25) is 4.90 Å². The van der Waals surface area contributed by atoms with Crippen LogP contribution in [0.3, 0.4) is 0 Å². The van der Waals surface area contributed by atoms with Crippen LogP contribution in [0, 0.1) is 5.82 Å². The van der Waals surface area contributed by atoms with Crippen molar-refractivity contribution < 1.29 is 18.7 Å². The number of rotatable bonds is 7. The number of hydrogen-bond acceptors (Lipinski definition) is 7. The summed E-state index contributed by atoms with van der Waals surface area (Å²) in [5.41, 5.74) is 2.33. The van der Waals surface area contributed by atoms with Crippen LogP contribution < -0.4 is 11.2 Å². The minimum Gasteiger partial charge on any atom is -0.466 e. The second-order valence-corrected chi connectivity index (χ2v) is 9.16. The standard InChI is InChI=1S/C24H23FN6O3S/c1-34-22(32)19-18(13-35-24-29-28-21(31(24)26)15-7-9-16(25)10-8-15)30(17-11-12-17)23(33)27-20(19)14-5-3-2-4-6-14/h2-10,17,20H,11-13,26H2,1H3,(H,27,33). The molecule has 0 bridgehead atoms. The summed E-state index contributed by atoms with van der Waals surface area (Å²) in [5.74, 6) is 5.98. The fraction of sp³-hybridized carbons (Fsp3) is 0.250. The van der Waals surface area contributed by atoms with E-state index in [1.54, 1.807) is 17.0 Å². The summed E-state index contributed by atoms with van der Waals surface area (Å²) in [7, 11) is 1.32. The van der Waals surface area contributed by atoms with Crippen LogP contribution >= 0.6 is 11.8 Å². The summed E-state index contributed by atoms with van der Waals surface area (Å²) < 4.78 is 19.7. The lowest BCUT2D eigenvalue weighted by Crippen LogP contribution is -2.50. The highest BCUT2D eigenvalue weighted by Gasteiger charge is 2.44. The van der Waals surface area contributed by atoms with E-state index in [1.165, 1.54) is 35.7 Å². The van der Waals surface area contributed by atoms with Crippen LogP contribution in [0.4, 0.5) is 9.18 Å². The number of nitrogens with two attached hydrogens (primary N) is 1. The van der Waals surface area contributed by atoms with Gasteiger partial charge in [0.1, 0.15) is 5.82 Å². The van der Waals surface area contributed by atoms with Crippen molar-refractivity contribution in [3.05, 3.63) is 77.2 Å². The SMILES string of the molecule is COC(=O)C1=C(CSc2nnc(-c3ccc(F)cc3)n2N)N(C2CC2)C(=O)NC1c1ccccc1. The van der Waals surface area contributed by atoms with E-state index in [4.69, 9.17) is 10.6 Å². The number of amides is 2. The highest BCUT2D eigenvalue weighted by atomic mass is 32.2. The van der Waals surface area contributed by atoms with Crippen LogP contribution in [0.1, 0.15) is 24.4 Å². The monoisotopic (exact) mass is 494 g/mol. The molecular formula is C24H23FN6O3S. The van der Waals surface area contributed by atoms with E-state index in [2.05, 4.69) is 15.5 Å². The van der Waals surface area contributed by atoms with Crippen LogP contribution in [-0.2, 0) is 9.53 Å². The van der Waals surface area contributed by atoms with Gasteiger partial charge in [0, 0.05) is 23.1 Å². The quantitative estimate of drug-likeness (QED) is 0.294. The average molecular weight is 495 g/mol. The molecule has 0 radical (unpaired) electrons. The van der Waals surface area contributed by atoms with Crippen molar-refractivity contribution in [2.75, 3.05) is 18.7 Å². The molecule has 1 atom stereocenters. The van der Waals surface area contributed by atoms with Crippen molar-refractivity contribution in [2.45, 2.75) is 30.1 Å². The predicted molar refractivity (Wildman–Crippen MR) is 128 cm³/mol. The number of nitrogen functional groups attached to an aromatic ring is 1. The lowest BCUT2D eigenvalue weighted by Gasteiger charge is -2.36. The molecule has 2 aromatic carbocycles. The molecule has 1 aliphatic carbocycles. The third kappa shape index (κ3) is 4.46. The van der Waals surface area contributed by atoms with Crippen LogP contribution in [0.15, 0.2) is 71.0 Å². The predicted octanol–water partition coefficient (Wildman–Crippen LogP) is 3.25. The van der Waals surface area contributed by atoms with Crippen molar-refractivity contribution in [3.8, 4) is 11.4 Å². The lowest BCUT2D eigenvalue weighted by molar-refractivity contribution is -0.136. The Hall–Kier alpha value is -3.86. The fourth-order valence-corrected chi connectivity index (χ4v) is 4.98. The van der Waals surface area contributed by atoms with Crippen LogP contribution in [0.2, 0.25) is 0 Å². The highest BCUT2D eigenvalue weighted by molar-refractivity contribution is 7.99. The Morgan fingerprint density at radius 1 is 1.17 bits per heavy atom. The molecule has 180 valence electrons. The van der Waals surface area contributed by atoms with Gasteiger partial charge in [-0.25, -0.2) is 18.7 Å². The Bertz CT molecular complexity index is 1290. The number of ether oxygens (including phenoxy) is 1. The number of carbonyl (C=O) groups excluding carboxylic acids is 2. The number of halogens is 1. The highest BCUT2D eigenvalue weighted by Crippen LogP contribution is 2.40. The molecule has 5 rings (SSSR count). The van der Waals surface area contributed by atoms with Crippen molar-refractivity contribution in [2.24, 2.45) is 0 Å². The zero-order valence-electron chi connectivity index (χ0n) is 18.8. The maximum Gasteiger partial charge on any atom is 0.338 e. The van der Waals surface area contributed by atoms with Crippen molar-refractivity contribution in [1.29, 1.82) is 0 Å². The second-order valence-electron chi connectivity index (χ2n) is 8.22. The van der Waals surface area contributed by atoms with E-state index in [0.29, 0.717) is 27.8 Å². The minimum atomic E-state index is -0.646. The third-order valence-corrected chi connectivity index (χ3v) is 6.89. The van der Waals surface area contributed by atoms with Crippen molar-refractivity contribution in [1.82, 2.24) is 25.1 Å². The minimum absolute atomic E-state index is 0.0208. The van der Waals surface area contributed by atoms with Crippen LogP contribution in [-0.4, -0.2) is 50.7 Å². The van der Waals surface area contributed by atoms with E-state index >= 15 is 0 Å². The molecule has 1 saturated carbocycles. The summed E-state index contributed by atoms with van der Waals surface area (Å²) in [6, 6.07) is 14.2. The Balaban J connectivity index is 1.51. The number of urea groups is 1. The second kappa shape index (κ2) is 9.41. The van der Waals surface area contributed by atoms with Gasteiger partial charge in [0.05, 0.1) is 18.7 Å². The molecule has 1 unspecified atom stereocenters. The van der Waals surface area contributed by atoms with Crippen molar-refractivity contribution >= 4 is 23.8 Å². The Morgan fingerprint density at radius 3 is 2.54 bits per heavy atom. The van der Waals surface area contributed by atoms with Gasteiger partial charge < -0.3 is 15.9 Å². The van der Waals surface area contributed by atoms with Gasteiger partial charge in [0.2, 0.25) is 5.16 Å². The molecule has 2 aliphatic rings. The number of nitrogens with zero attached hydrogens (tertiary/aromatic N) is 4. The van der Waals surface area contributed by atoms with Gasteiger partial charge in [-0.2, -0.15) is 0 Å². The van der Waals surface area contributed by atoms with Crippen LogP contribution in [0.25, 0.3) is 11.4 Å². The molecule has 1 aromatic heterocycles. The van der Waals surface area contributed by atoms with Gasteiger partial charge in [-0.05, 0) is 42.7 Å². The first-order valence-corrected chi connectivity index (χ1v) is 12.0. The smallest absolute Gasteiger partial charge is 0.338 e. The number of methoxy groups -OCH3 is 1. The van der Waals surface area contributed by atoms with E-state index in [9.17, 15) is 14.0 Å². The topological polar surface area (TPSA) is 115 Å². The Kier molecular flexibility index (Phi) is 6.16. The summed E-state index contributed by atoms with van der Waals surface area (Å²) in [6.45, 7) is 0. The maximum atomic E-state index is 13.3. The fourth-order valence-electron chi connectivity index (χ4n) is 4.10. The first-order chi connectivity index (χ1) is 17.0. The van der Waals surface area contributed by atoms with E-state index < -0.39 is 12.0 Å². The number of esters is 1. The first-order valence-electron chi connectivity index (χ1n) is 11.0. The largest absolute Gasteiger partial charge is 0.466 e. The molecule has 1 fully saturated rings. The Labute approximate surface area is 205 Å². The third-order valence-electron chi connectivity index (χ3n) is 5.93. The van der Waals surface area contributed by atoms with E-state index in [-0.39, 0.29) is 23.6 Å². The molecule has 2 amide bonds. The Morgan fingerprint density at radius 2 is 1.89 bits per heavy atom.